The summed E-state index contributed by atoms with van der Waals surface area (Å²) in [5, 5.41) is 5.22. The van der Waals surface area contributed by atoms with E-state index < -0.39 is 0 Å². The first kappa shape index (κ1) is 11.1. The maximum absolute atomic E-state index is 13.5. The average molecular weight is 235 g/mol. The van der Waals surface area contributed by atoms with Gasteiger partial charge in [-0.2, -0.15) is 0 Å². The molecule has 0 saturated carbocycles. The van der Waals surface area contributed by atoms with Gasteiger partial charge in [-0.15, -0.1) is 11.3 Å². The maximum Gasteiger partial charge on any atom is 0.146 e. The third-order valence-corrected chi connectivity index (χ3v) is 3.64. The fourth-order valence-corrected chi connectivity index (χ4v) is 2.46. The summed E-state index contributed by atoms with van der Waals surface area (Å²) in [6.07, 6.45) is 0. The Balaban J connectivity index is 2.14. The topological polar surface area (TPSA) is 12.0 Å². The molecule has 0 aliphatic rings. The standard InChI is InChI=1S/C13H14FNS/c1-9-6-7-16-12(9)8-15-13-10(2)4-3-5-11(13)14/h3-7,15H,8H2,1-2H3. The van der Waals surface area contributed by atoms with E-state index in [1.165, 1.54) is 16.5 Å². The first-order valence-electron chi connectivity index (χ1n) is 5.20. The van der Waals surface area contributed by atoms with E-state index in [2.05, 4.69) is 23.7 Å². The van der Waals surface area contributed by atoms with Gasteiger partial charge in [-0.25, -0.2) is 4.39 Å². The van der Waals surface area contributed by atoms with Crippen LogP contribution in [-0.2, 0) is 6.54 Å². The maximum atomic E-state index is 13.5. The van der Waals surface area contributed by atoms with Gasteiger partial charge in [0.25, 0.3) is 0 Å². The van der Waals surface area contributed by atoms with E-state index in [0.29, 0.717) is 12.2 Å². The molecule has 16 heavy (non-hydrogen) atoms. The number of rotatable bonds is 3. The third kappa shape index (κ3) is 2.25. The minimum absolute atomic E-state index is 0.186. The van der Waals surface area contributed by atoms with Crippen LogP contribution in [0.3, 0.4) is 0 Å². The van der Waals surface area contributed by atoms with E-state index in [4.69, 9.17) is 0 Å². The number of halogens is 1. The van der Waals surface area contributed by atoms with Crippen molar-refractivity contribution in [2.24, 2.45) is 0 Å². The summed E-state index contributed by atoms with van der Waals surface area (Å²) in [5.74, 6) is -0.186. The van der Waals surface area contributed by atoms with Crippen molar-refractivity contribution in [3.8, 4) is 0 Å². The number of thiophene rings is 1. The summed E-state index contributed by atoms with van der Waals surface area (Å²) < 4.78 is 13.5. The molecule has 0 saturated heterocycles. The predicted molar refractivity (Wildman–Crippen MR) is 67.5 cm³/mol. The van der Waals surface area contributed by atoms with Crippen LogP contribution in [-0.4, -0.2) is 0 Å². The normalized spacial score (nSPS) is 10.4. The number of nitrogens with one attached hydrogen (secondary N) is 1. The van der Waals surface area contributed by atoms with Gasteiger partial charge >= 0.3 is 0 Å². The van der Waals surface area contributed by atoms with Gasteiger partial charge in [-0.05, 0) is 42.5 Å². The Morgan fingerprint density at radius 3 is 2.62 bits per heavy atom. The van der Waals surface area contributed by atoms with Crippen LogP contribution in [0.15, 0.2) is 29.6 Å². The number of anilines is 1. The summed E-state index contributed by atoms with van der Waals surface area (Å²) in [7, 11) is 0. The van der Waals surface area contributed by atoms with Crippen molar-refractivity contribution in [2.45, 2.75) is 20.4 Å². The van der Waals surface area contributed by atoms with Crippen LogP contribution in [0.2, 0.25) is 0 Å². The van der Waals surface area contributed by atoms with Crippen molar-refractivity contribution in [3.05, 3.63) is 51.5 Å². The van der Waals surface area contributed by atoms with E-state index in [-0.39, 0.29) is 5.82 Å². The van der Waals surface area contributed by atoms with E-state index in [1.807, 2.05) is 13.0 Å². The molecule has 1 nitrogen and oxygen atoms in total. The largest absolute Gasteiger partial charge is 0.378 e. The Morgan fingerprint density at radius 2 is 2.00 bits per heavy atom. The van der Waals surface area contributed by atoms with Gasteiger partial charge in [0.05, 0.1) is 5.69 Å². The second-order valence-electron chi connectivity index (χ2n) is 3.81. The zero-order valence-corrected chi connectivity index (χ0v) is 10.2. The van der Waals surface area contributed by atoms with Gasteiger partial charge in [-0.3, -0.25) is 0 Å². The number of hydrogen-bond acceptors (Lipinski definition) is 2. The molecular weight excluding hydrogens is 221 g/mol. The van der Waals surface area contributed by atoms with Crippen LogP contribution in [0, 0.1) is 19.7 Å². The lowest BCUT2D eigenvalue weighted by atomic mass is 10.2. The summed E-state index contributed by atoms with van der Waals surface area (Å²) in [5.41, 5.74) is 2.80. The Hall–Kier alpha value is -1.35. The summed E-state index contributed by atoms with van der Waals surface area (Å²) in [6.45, 7) is 4.67. The highest BCUT2D eigenvalue weighted by molar-refractivity contribution is 7.10. The molecule has 0 fully saturated rings. The van der Waals surface area contributed by atoms with Crippen molar-refractivity contribution < 1.29 is 4.39 Å². The summed E-state index contributed by atoms with van der Waals surface area (Å²) >= 11 is 1.70. The fourth-order valence-electron chi connectivity index (χ4n) is 1.61. The van der Waals surface area contributed by atoms with E-state index in [0.717, 1.165) is 5.56 Å². The SMILES string of the molecule is Cc1ccsc1CNc1c(C)cccc1F. The fraction of sp³-hybridized carbons (Fsp3) is 0.231. The molecule has 1 aromatic carbocycles. The summed E-state index contributed by atoms with van der Waals surface area (Å²) in [6, 6.07) is 7.20. The number of hydrogen-bond donors (Lipinski definition) is 1. The molecule has 1 heterocycles. The molecular formula is C13H14FNS. The lowest BCUT2D eigenvalue weighted by Crippen LogP contribution is -2.02. The Labute approximate surface area is 98.9 Å². The molecule has 0 amide bonds. The molecule has 0 aliphatic carbocycles. The minimum Gasteiger partial charge on any atom is -0.378 e. The zero-order chi connectivity index (χ0) is 11.5. The molecule has 0 unspecified atom stereocenters. The highest BCUT2D eigenvalue weighted by Crippen LogP contribution is 2.22. The number of para-hydroxylation sites is 1. The van der Waals surface area contributed by atoms with Crippen molar-refractivity contribution in [1.29, 1.82) is 0 Å². The van der Waals surface area contributed by atoms with Crippen molar-refractivity contribution in [3.63, 3.8) is 0 Å². The minimum atomic E-state index is -0.186. The van der Waals surface area contributed by atoms with Gasteiger partial charge < -0.3 is 5.32 Å². The Morgan fingerprint density at radius 1 is 1.19 bits per heavy atom. The molecule has 1 N–H and O–H groups in total. The molecule has 2 aromatic rings. The molecule has 0 bridgehead atoms. The molecule has 0 aliphatic heterocycles. The molecule has 84 valence electrons. The van der Waals surface area contributed by atoms with Gasteiger partial charge in [0.15, 0.2) is 0 Å². The summed E-state index contributed by atoms with van der Waals surface area (Å²) in [4.78, 5) is 1.25. The van der Waals surface area contributed by atoms with Gasteiger partial charge in [0.2, 0.25) is 0 Å². The molecule has 1 aromatic heterocycles. The molecule has 2 rings (SSSR count). The predicted octanol–water partition coefficient (Wildman–Crippen LogP) is 4.12. The molecule has 0 spiro atoms. The lowest BCUT2D eigenvalue weighted by molar-refractivity contribution is 0.629. The van der Waals surface area contributed by atoms with Crippen molar-refractivity contribution in [2.75, 3.05) is 5.32 Å². The van der Waals surface area contributed by atoms with Gasteiger partial charge in [-0.1, -0.05) is 12.1 Å². The first-order valence-corrected chi connectivity index (χ1v) is 6.08. The second kappa shape index (κ2) is 4.66. The van der Waals surface area contributed by atoms with Crippen molar-refractivity contribution >= 4 is 17.0 Å². The van der Waals surface area contributed by atoms with Gasteiger partial charge in [0.1, 0.15) is 5.82 Å². The van der Waals surface area contributed by atoms with Crippen LogP contribution < -0.4 is 5.32 Å². The first-order chi connectivity index (χ1) is 7.68. The quantitative estimate of drug-likeness (QED) is 0.844. The second-order valence-corrected chi connectivity index (χ2v) is 4.81. The molecule has 0 radical (unpaired) electrons. The Bertz CT molecular complexity index is 470. The van der Waals surface area contributed by atoms with E-state index >= 15 is 0 Å². The zero-order valence-electron chi connectivity index (χ0n) is 9.38. The molecule has 0 atom stereocenters. The smallest absolute Gasteiger partial charge is 0.146 e. The Kier molecular flexibility index (Phi) is 3.25. The highest BCUT2D eigenvalue weighted by Gasteiger charge is 2.05. The van der Waals surface area contributed by atoms with Crippen LogP contribution in [0.1, 0.15) is 16.0 Å². The van der Waals surface area contributed by atoms with Crippen molar-refractivity contribution in [1.82, 2.24) is 0 Å². The van der Waals surface area contributed by atoms with E-state index in [9.17, 15) is 4.39 Å². The van der Waals surface area contributed by atoms with E-state index in [1.54, 1.807) is 17.4 Å². The van der Waals surface area contributed by atoms with Crippen LogP contribution in [0.25, 0.3) is 0 Å². The molecule has 3 heteroatoms. The monoisotopic (exact) mass is 235 g/mol. The van der Waals surface area contributed by atoms with Crippen LogP contribution in [0.5, 0.6) is 0 Å². The van der Waals surface area contributed by atoms with Crippen LogP contribution >= 0.6 is 11.3 Å². The highest BCUT2D eigenvalue weighted by atomic mass is 32.1. The lowest BCUT2D eigenvalue weighted by Gasteiger charge is -2.10. The number of aryl methyl sites for hydroxylation is 2. The third-order valence-electron chi connectivity index (χ3n) is 2.62. The number of benzene rings is 1. The van der Waals surface area contributed by atoms with Gasteiger partial charge in [0, 0.05) is 11.4 Å². The van der Waals surface area contributed by atoms with Crippen LogP contribution in [0.4, 0.5) is 10.1 Å². The average Bonchev–Trinajstić information content (AvgIpc) is 2.64.